The molecule has 3 nitrogen and oxygen atoms in total. The highest BCUT2D eigenvalue weighted by Crippen LogP contribution is 2.22. The Hall–Kier alpha value is -1.60. The summed E-state index contributed by atoms with van der Waals surface area (Å²) in [6, 6.07) is 11.3. The Balaban J connectivity index is 0.00000123. The molecule has 0 saturated heterocycles. The first-order valence-corrected chi connectivity index (χ1v) is 10.2. The van der Waals surface area contributed by atoms with Crippen molar-refractivity contribution in [2.75, 3.05) is 11.9 Å². The molecule has 0 aliphatic rings. The predicted molar refractivity (Wildman–Crippen MR) is 110 cm³/mol. The lowest BCUT2D eigenvalue weighted by molar-refractivity contribution is 0.482. The van der Waals surface area contributed by atoms with Crippen LogP contribution in [0.3, 0.4) is 0 Å². The van der Waals surface area contributed by atoms with E-state index >= 15 is 0 Å². The molecule has 0 aliphatic heterocycles. The molecule has 2 N–H and O–H groups in total. The van der Waals surface area contributed by atoms with E-state index in [1.165, 1.54) is 25.4 Å². The smallest absolute Gasteiger partial charge is 0.131 e. The van der Waals surface area contributed by atoms with Gasteiger partial charge in [0, 0.05) is 18.0 Å². The maximum Gasteiger partial charge on any atom is 0.131 e. The van der Waals surface area contributed by atoms with Gasteiger partial charge in [-0.1, -0.05) is 56.0 Å². The van der Waals surface area contributed by atoms with E-state index in [1.807, 2.05) is 70.3 Å². The highest BCUT2D eigenvalue weighted by molar-refractivity contribution is 7.46. The van der Waals surface area contributed by atoms with Gasteiger partial charge in [0.05, 0.1) is 5.44 Å². The fourth-order valence-corrected chi connectivity index (χ4v) is 2.93. The van der Waals surface area contributed by atoms with Crippen molar-refractivity contribution in [2.45, 2.75) is 53.9 Å². The topological polar surface area (TPSA) is 48.1 Å². The summed E-state index contributed by atoms with van der Waals surface area (Å²) in [5, 5.41) is 0. The number of nitrogens with zero attached hydrogens (tertiary/aromatic N) is 1. The van der Waals surface area contributed by atoms with Crippen LogP contribution >= 0.6 is 8.58 Å². The Kier molecular flexibility index (Phi) is 14.0. The van der Waals surface area contributed by atoms with Gasteiger partial charge >= 0.3 is 0 Å². The van der Waals surface area contributed by atoms with E-state index in [2.05, 4.69) is 11.9 Å². The first-order valence-electron chi connectivity index (χ1n) is 9.01. The number of hydrogen-bond donors (Lipinski definition) is 1. The average molecular weight is 348 g/mol. The summed E-state index contributed by atoms with van der Waals surface area (Å²) >= 11 is 0. The lowest BCUT2D eigenvalue weighted by Crippen LogP contribution is -2.01. The molecule has 0 aliphatic carbocycles. The summed E-state index contributed by atoms with van der Waals surface area (Å²) in [5.41, 5.74) is 7.52. The molecule has 0 fully saturated rings. The van der Waals surface area contributed by atoms with Gasteiger partial charge in [-0.15, -0.1) is 0 Å². The van der Waals surface area contributed by atoms with Crippen molar-refractivity contribution >= 4 is 19.7 Å². The van der Waals surface area contributed by atoms with Crippen LogP contribution in [-0.4, -0.2) is 11.1 Å². The third-order valence-corrected chi connectivity index (χ3v) is 4.17. The SMILES string of the molecule is CC.CC.CCCCCPc1cc(Oc2ccc(N)cc2)ccn1. The van der Waals surface area contributed by atoms with Crippen LogP contribution in [-0.2, 0) is 0 Å². The van der Waals surface area contributed by atoms with Crippen molar-refractivity contribution in [1.82, 2.24) is 4.98 Å². The molecule has 134 valence electrons. The molecule has 1 unspecified atom stereocenters. The monoisotopic (exact) mass is 348 g/mol. The largest absolute Gasteiger partial charge is 0.457 e. The Morgan fingerprint density at radius 2 is 1.62 bits per heavy atom. The fourth-order valence-electron chi connectivity index (χ4n) is 1.83. The lowest BCUT2D eigenvalue weighted by atomic mass is 10.3. The van der Waals surface area contributed by atoms with Crippen molar-refractivity contribution < 1.29 is 4.74 Å². The van der Waals surface area contributed by atoms with Crippen LogP contribution in [0.2, 0.25) is 0 Å². The molecule has 0 saturated carbocycles. The van der Waals surface area contributed by atoms with Crippen molar-refractivity contribution in [3.05, 3.63) is 42.6 Å². The minimum atomic E-state index is 0.741. The van der Waals surface area contributed by atoms with Gasteiger partial charge in [-0.3, -0.25) is 4.98 Å². The molecule has 0 amide bonds. The van der Waals surface area contributed by atoms with Gasteiger partial charge < -0.3 is 10.5 Å². The molecular formula is C20H33N2OP. The highest BCUT2D eigenvalue weighted by Gasteiger charge is 2.00. The summed E-state index contributed by atoms with van der Waals surface area (Å²) in [4.78, 5) is 4.41. The Morgan fingerprint density at radius 3 is 2.25 bits per heavy atom. The summed E-state index contributed by atoms with van der Waals surface area (Å²) in [7, 11) is 0.758. The van der Waals surface area contributed by atoms with Crippen LogP contribution in [0.1, 0.15) is 53.9 Å². The average Bonchev–Trinajstić information content (AvgIpc) is 2.64. The van der Waals surface area contributed by atoms with E-state index in [-0.39, 0.29) is 0 Å². The van der Waals surface area contributed by atoms with E-state index in [4.69, 9.17) is 10.5 Å². The predicted octanol–water partition coefficient (Wildman–Crippen LogP) is 6.00. The fraction of sp³-hybridized carbons (Fsp3) is 0.450. The molecule has 1 atom stereocenters. The molecule has 0 bridgehead atoms. The zero-order valence-corrected chi connectivity index (χ0v) is 16.8. The lowest BCUT2D eigenvalue weighted by Gasteiger charge is -2.07. The van der Waals surface area contributed by atoms with Crippen LogP contribution < -0.4 is 15.9 Å². The van der Waals surface area contributed by atoms with E-state index in [0.29, 0.717) is 0 Å². The normalized spacial score (nSPS) is 9.71. The van der Waals surface area contributed by atoms with E-state index in [9.17, 15) is 0 Å². The van der Waals surface area contributed by atoms with Gasteiger partial charge in [-0.2, -0.15) is 0 Å². The summed E-state index contributed by atoms with van der Waals surface area (Å²) < 4.78 is 5.81. The Morgan fingerprint density at radius 1 is 0.958 bits per heavy atom. The second-order valence-electron chi connectivity index (χ2n) is 4.68. The van der Waals surface area contributed by atoms with Gasteiger partial charge in [0.1, 0.15) is 11.5 Å². The molecule has 1 aromatic carbocycles. The van der Waals surface area contributed by atoms with E-state index < -0.39 is 0 Å². The minimum Gasteiger partial charge on any atom is -0.457 e. The van der Waals surface area contributed by atoms with Crippen LogP contribution in [0, 0.1) is 0 Å². The first kappa shape index (κ1) is 22.4. The molecule has 2 rings (SSSR count). The number of aromatic nitrogens is 1. The first-order chi connectivity index (χ1) is 11.8. The number of anilines is 1. The number of hydrogen-bond acceptors (Lipinski definition) is 3. The van der Waals surface area contributed by atoms with Crippen molar-refractivity contribution in [2.24, 2.45) is 0 Å². The summed E-state index contributed by atoms with van der Waals surface area (Å²) in [5.74, 6) is 1.63. The zero-order valence-electron chi connectivity index (χ0n) is 15.8. The van der Waals surface area contributed by atoms with E-state index in [1.54, 1.807) is 0 Å². The van der Waals surface area contributed by atoms with Crippen molar-refractivity contribution in [1.29, 1.82) is 0 Å². The molecule has 24 heavy (non-hydrogen) atoms. The zero-order chi connectivity index (χ0) is 18.2. The summed E-state index contributed by atoms with van der Waals surface area (Å²) in [6.45, 7) is 10.2. The second kappa shape index (κ2) is 15.0. The number of benzene rings is 1. The van der Waals surface area contributed by atoms with Gasteiger partial charge in [-0.25, -0.2) is 0 Å². The van der Waals surface area contributed by atoms with Crippen LogP contribution in [0.15, 0.2) is 42.6 Å². The van der Waals surface area contributed by atoms with Crippen LogP contribution in [0.25, 0.3) is 0 Å². The summed E-state index contributed by atoms with van der Waals surface area (Å²) in [6.07, 6.45) is 6.87. The van der Waals surface area contributed by atoms with Gasteiger partial charge in [-0.05, 0) is 42.9 Å². The molecule has 0 spiro atoms. The Bertz CT molecular complexity index is 529. The van der Waals surface area contributed by atoms with Gasteiger partial charge in [0.25, 0.3) is 0 Å². The number of rotatable bonds is 7. The van der Waals surface area contributed by atoms with Crippen molar-refractivity contribution in [3.63, 3.8) is 0 Å². The maximum atomic E-state index is 5.81. The minimum absolute atomic E-state index is 0.741. The number of ether oxygens (including phenoxy) is 1. The Labute approximate surface area is 149 Å². The molecule has 2 aromatic rings. The maximum absolute atomic E-state index is 5.81. The van der Waals surface area contributed by atoms with Gasteiger partial charge in [0.2, 0.25) is 0 Å². The van der Waals surface area contributed by atoms with Gasteiger partial charge in [0.15, 0.2) is 0 Å². The number of pyridine rings is 1. The third kappa shape index (κ3) is 9.52. The number of unbranched alkanes of at least 4 members (excludes halogenated alkanes) is 2. The number of nitrogen functional groups attached to an aromatic ring is 1. The van der Waals surface area contributed by atoms with Crippen LogP contribution in [0.4, 0.5) is 5.69 Å². The quantitative estimate of drug-likeness (QED) is 0.379. The van der Waals surface area contributed by atoms with Crippen molar-refractivity contribution in [3.8, 4) is 11.5 Å². The van der Waals surface area contributed by atoms with E-state index in [0.717, 1.165) is 31.2 Å². The highest BCUT2D eigenvalue weighted by atomic mass is 31.1. The van der Waals surface area contributed by atoms with Crippen LogP contribution in [0.5, 0.6) is 11.5 Å². The molecule has 0 radical (unpaired) electrons. The standard InChI is InChI=1S/C16H21N2OP.2C2H6/c1-2-3-4-11-20-16-12-15(9-10-18-16)19-14-7-5-13(17)6-8-14;2*1-2/h5-10,12,20H,2-4,11,17H2,1H3;2*1-2H3. The number of nitrogens with two attached hydrogens (primary N) is 1. The molecule has 1 aromatic heterocycles. The molecule has 4 heteroatoms. The second-order valence-corrected chi connectivity index (χ2v) is 6.05. The molecular weight excluding hydrogens is 315 g/mol. The molecule has 1 heterocycles. The third-order valence-electron chi connectivity index (χ3n) is 2.93.